The smallest absolute Gasteiger partial charge is 0.233 e. The molecule has 1 aromatic rings. The maximum Gasteiger partial charge on any atom is 0.233 e. The van der Waals surface area contributed by atoms with Crippen LogP contribution in [0.2, 0.25) is 0 Å². The van der Waals surface area contributed by atoms with Crippen LogP contribution in [0.25, 0.3) is 0 Å². The van der Waals surface area contributed by atoms with Crippen LogP contribution in [0.1, 0.15) is 25.1 Å². The van der Waals surface area contributed by atoms with Crippen LogP contribution in [-0.2, 0) is 4.79 Å². The summed E-state index contributed by atoms with van der Waals surface area (Å²) in [6, 6.07) is 3.63. The van der Waals surface area contributed by atoms with Crippen LogP contribution >= 0.6 is 0 Å². The van der Waals surface area contributed by atoms with E-state index in [9.17, 15) is 9.59 Å². The molecule has 0 amide bonds. The molecule has 1 heterocycles. The molecule has 76 valence electrons. The zero-order valence-electron chi connectivity index (χ0n) is 8.51. The zero-order valence-corrected chi connectivity index (χ0v) is 8.51. The van der Waals surface area contributed by atoms with Crippen molar-refractivity contribution < 1.29 is 9.59 Å². The van der Waals surface area contributed by atoms with Gasteiger partial charge in [-0.15, -0.1) is 0 Å². The summed E-state index contributed by atoms with van der Waals surface area (Å²) in [4.78, 5) is 22.1. The Labute approximate surface area is 83.7 Å². The van der Waals surface area contributed by atoms with Crippen molar-refractivity contribution in [2.75, 3.05) is 0 Å². The molecule has 1 aromatic heterocycles. The standard InChI is InChI=1S/C11H15NO2/c1-9(5-8-13)10(2)11(14)12-6-3-4-7-12/h3-4,6-10H,5H2,1-2H3/t9-,10-/m0/s1. The van der Waals surface area contributed by atoms with Crippen molar-refractivity contribution in [3.63, 3.8) is 0 Å². The van der Waals surface area contributed by atoms with Gasteiger partial charge in [0.2, 0.25) is 5.91 Å². The molecule has 14 heavy (non-hydrogen) atoms. The van der Waals surface area contributed by atoms with Gasteiger partial charge >= 0.3 is 0 Å². The molecule has 0 aliphatic carbocycles. The summed E-state index contributed by atoms with van der Waals surface area (Å²) in [6.45, 7) is 3.77. The first-order valence-electron chi connectivity index (χ1n) is 4.77. The van der Waals surface area contributed by atoms with Crippen LogP contribution in [0.15, 0.2) is 24.5 Å². The van der Waals surface area contributed by atoms with Gasteiger partial charge in [0.05, 0.1) is 0 Å². The first-order valence-corrected chi connectivity index (χ1v) is 4.77. The first kappa shape index (κ1) is 10.7. The highest BCUT2D eigenvalue weighted by Crippen LogP contribution is 2.15. The summed E-state index contributed by atoms with van der Waals surface area (Å²) in [6.07, 6.45) is 4.76. The maximum atomic E-state index is 11.8. The van der Waals surface area contributed by atoms with Crippen molar-refractivity contribution in [1.29, 1.82) is 0 Å². The number of aldehydes is 1. The molecule has 0 N–H and O–H groups in total. The highest BCUT2D eigenvalue weighted by atomic mass is 16.2. The van der Waals surface area contributed by atoms with Gasteiger partial charge < -0.3 is 4.79 Å². The molecule has 0 radical (unpaired) electrons. The molecule has 0 spiro atoms. The lowest BCUT2D eigenvalue weighted by atomic mass is 9.93. The summed E-state index contributed by atoms with van der Waals surface area (Å²) in [7, 11) is 0. The second-order valence-electron chi connectivity index (χ2n) is 3.60. The van der Waals surface area contributed by atoms with Gasteiger partial charge in [-0.05, 0) is 18.1 Å². The zero-order chi connectivity index (χ0) is 10.6. The molecule has 0 aromatic carbocycles. The minimum absolute atomic E-state index is 0.0457. The van der Waals surface area contributed by atoms with E-state index in [4.69, 9.17) is 0 Å². The predicted octanol–water partition coefficient (Wildman–Crippen LogP) is 1.99. The number of carbonyl (C=O) groups is 2. The van der Waals surface area contributed by atoms with Gasteiger partial charge in [-0.1, -0.05) is 13.8 Å². The van der Waals surface area contributed by atoms with Crippen LogP contribution in [0, 0.1) is 11.8 Å². The van der Waals surface area contributed by atoms with Crippen molar-refractivity contribution in [3.05, 3.63) is 24.5 Å². The summed E-state index contributed by atoms with van der Waals surface area (Å²) >= 11 is 0. The van der Waals surface area contributed by atoms with Crippen LogP contribution in [0.5, 0.6) is 0 Å². The number of rotatable bonds is 4. The third-order valence-electron chi connectivity index (χ3n) is 2.57. The number of nitrogens with zero attached hydrogens (tertiary/aromatic N) is 1. The van der Waals surface area contributed by atoms with Crippen LogP contribution in [0.4, 0.5) is 0 Å². The predicted molar refractivity (Wildman–Crippen MR) is 54.1 cm³/mol. The van der Waals surface area contributed by atoms with E-state index in [1.807, 2.05) is 26.0 Å². The molecular formula is C11H15NO2. The van der Waals surface area contributed by atoms with E-state index in [1.165, 1.54) is 0 Å². The Morgan fingerprint density at radius 2 is 1.93 bits per heavy atom. The second kappa shape index (κ2) is 4.74. The van der Waals surface area contributed by atoms with Crippen LogP contribution in [-0.4, -0.2) is 16.8 Å². The summed E-state index contributed by atoms with van der Waals surface area (Å²) in [5.41, 5.74) is 0. The lowest BCUT2D eigenvalue weighted by molar-refractivity contribution is -0.108. The maximum absolute atomic E-state index is 11.8. The van der Waals surface area contributed by atoms with E-state index in [0.29, 0.717) is 6.42 Å². The average molecular weight is 193 g/mol. The topological polar surface area (TPSA) is 39.1 Å². The number of hydrogen-bond donors (Lipinski definition) is 0. The second-order valence-corrected chi connectivity index (χ2v) is 3.60. The lowest BCUT2D eigenvalue weighted by Gasteiger charge is -2.16. The van der Waals surface area contributed by atoms with Gasteiger partial charge in [-0.25, -0.2) is 0 Å². The van der Waals surface area contributed by atoms with Crippen molar-refractivity contribution in [3.8, 4) is 0 Å². The Morgan fingerprint density at radius 1 is 1.36 bits per heavy atom. The van der Waals surface area contributed by atoms with Gasteiger partial charge in [0, 0.05) is 24.7 Å². The molecule has 3 heteroatoms. The Hall–Kier alpha value is -1.38. The van der Waals surface area contributed by atoms with Crippen molar-refractivity contribution >= 4 is 12.2 Å². The highest BCUT2D eigenvalue weighted by Gasteiger charge is 2.20. The third kappa shape index (κ3) is 2.31. The molecule has 0 unspecified atom stereocenters. The minimum Gasteiger partial charge on any atom is -0.303 e. The molecule has 0 aliphatic heterocycles. The number of aromatic nitrogens is 1. The Bertz CT molecular complexity index is 303. The molecule has 0 saturated carbocycles. The van der Waals surface area contributed by atoms with Gasteiger partial charge in [0.25, 0.3) is 0 Å². The fourth-order valence-corrected chi connectivity index (χ4v) is 1.32. The normalized spacial score (nSPS) is 14.7. The molecule has 1 rings (SSSR count). The summed E-state index contributed by atoms with van der Waals surface area (Å²) < 4.78 is 1.56. The lowest BCUT2D eigenvalue weighted by Crippen LogP contribution is -2.24. The van der Waals surface area contributed by atoms with E-state index in [2.05, 4.69) is 0 Å². The van der Waals surface area contributed by atoms with Gasteiger partial charge in [0.1, 0.15) is 6.29 Å². The summed E-state index contributed by atoms with van der Waals surface area (Å²) in [5, 5.41) is 0. The fourth-order valence-electron chi connectivity index (χ4n) is 1.32. The van der Waals surface area contributed by atoms with Crippen molar-refractivity contribution in [2.45, 2.75) is 20.3 Å². The molecule has 0 fully saturated rings. The molecule has 3 nitrogen and oxygen atoms in total. The van der Waals surface area contributed by atoms with Gasteiger partial charge in [0.15, 0.2) is 0 Å². The quantitative estimate of drug-likeness (QED) is 0.686. The van der Waals surface area contributed by atoms with Crippen molar-refractivity contribution in [2.24, 2.45) is 11.8 Å². The molecule has 0 bridgehead atoms. The average Bonchev–Trinajstić information content (AvgIpc) is 2.68. The Balaban J connectivity index is 2.65. The van der Waals surface area contributed by atoms with Gasteiger partial charge in [-0.3, -0.25) is 9.36 Å². The van der Waals surface area contributed by atoms with E-state index in [0.717, 1.165) is 6.29 Å². The summed E-state index contributed by atoms with van der Waals surface area (Å²) in [5.74, 6) is 0.0272. The molecule has 2 atom stereocenters. The minimum atomic E-state index is -0.118. The SMILES string of the molecule is C[C@H](C(=O)n1cccc1)[C@@H](C)CC=O. The number of carbonyl (C=O) groups excluding carboxylic acids is 2. The van der Waals surface area contributed by atoms with Crippen LogP contribution in [0.3, 0.4) is 0 Å². The van der Waals surface area contributed by atoms with Crippen LogP contribution < -0.4 is 0 Å². The van der Waals surface area contributed by atoms with E-state index in [1.54, 1.807) is 17.0 Å². The highest BCUT2D eigenvalue weighted by molar-refractivity contribution is 5.81. The van der Waals surface area contributed by atoms with E-state index < -0.39 is 0 Å². The molecule has 0 saturated heterocycles. The molecular weight excluding hydrogens is 178 g/mol. The van der Waals surface area contributed by atoms with E-state index >= 15 is 0 Å². The monoisotopic (exact) mass is 193 g/mol. The molecule has 0 aliphatic rings. The van der Waals surface area contributed by atoms with Gasteiger partial charge in [-0.2, -0.15) is 0 Å². The Kier molecular flexibility index (Phi) is 3.63. The van der Waals surface area contributed by atoms with E-state index in [-0.39, 0.29) is 17.7 Å². The first-order chi connectivity index (χ1) is 6.66. The Morgan fingerprint density at radius 3 is 2.43 bits per heavy atom. The van der Waals surface area contributed by atoms with Crippen molar-refractivity contribution in [1.82, 2.24) is 4.57 Å². The fraction of sp³-hybridized carbons (Fsp3) is 0.455. The third-order valence-corrected chi connectivity index (χ3v) is 2.57. The number of hydrogen-bond acceptors (Lipinski definition) is 2. The largest absolute Gasteiger partial charge is 0.303 e.